The molecule has 2 heteroatoms. The first-order valence-corrected chi connectivity index (χ1v) is 14.9. The van der Waals surface area contributed by atoms with Gasteiger partial charge in [-0.1, -0.05) is 127 Å². The number of nitrogens with zero attached hydrogens (tertiary/aromatic N) is 1. The third-order valence-corrected chi connectivity index (χ3v) is 8.25. The fraction of sp³-hybridized carbons (Fsp3) is 0. The molecule has 7 aromatic carbocycles. The molecule has 0 aliphatic rings. The molecule has 0 aliphatic heterocycles. The van der Waals surface area contributed by atoms with Crippen LogP contribution >= 0.6 is 0 Å². The van der Waals surface area contributed by atoms with Crippen LogP contribution in [0, 0.1) is 0 Å². The monoisotopic (exact) mass is 563 g/mol. The van der Waals surface area contributed by atoms with Crippen LogP contribution in [-0.4, -0.2) is 0 Å². The summed E-state index contributed by atoms with van der Waals surface area (Å²) < 4.78 is 6.51. The number of para-hydroxylation sites is 3. The molecule has 8 rings (SSSR count). The van der Waals surface area contributed by atoms with Crippen molar-refractivity contribution in [2.45, 2.75) is 0 Å². The van der Waals surface area contributed by atoms with Gasteiger partial charge in [-0.15, -0.1) is 0 Å². The highest BCUT2D eigenvalue weighted by molar-refractivity contribution is 6.12. The fourth-order valence-electron chi connectivity index (χ4n) is 6.17. The van der Waals surface area contributed by atoms with Crippen molar-refractivity contribution in [1.29, 1.82) is 0 Å². The van der Waals surface area contributed by atoms with Crippen LogP contribution in [-0.2, 0) is 0 Å². The molecule has 0 amide bonds. The first-order valence-electron chi connectivity index (χ1n) is 14.9. The number of fused-ring (bicyclic) bond motifs is 3. The Kier molecular flexibility index (Phi) is 6.51. The minimum atomic E-state index is 0.895. The van der Waals surface area contributed by atoms with Crippen LogP contribution in [0.25, 0.3) is 55.3 Å². The van der Waals surface area contributed by atoms with Gasteiger partial charge in [0, 0.05) is 33.3 Å². The molecule has 0 saturated heterocycles. The Bertz CT molecular complexity index is 2160. The van der Waals surface area contributed by atoms with E-state index in [1.807, 2.05) is 6.07 Å². The van der Waals surface area contributed by atoms with Crippen LogP contribution in [0.2, 0.25) is 0 Å². The third-order valence-electron chi connectivity index (χ3n) is 8.25. The van der Waals surface area contributed by atoms with E-state index in [0.717, 1.165) is 61.3 Å². The molecule has 0 bridgehead atoms. The summed E-state index contributed by atoms with van der Waals surface area (Å²) in [6.45, 7) is 0. The minimum absolute atomic E-state index is 0.895. The van der Waals surface area contributed by atoms with Gasteiger partial charge in [0.25, 0.3) is 0 Å². The molecule has 0 atom stereocenters. The van der Waals surface area contributed by atoms with Gasteiger partial charge in [-0.05, 0) is 70.8 Å². The second kappa shape index (κ2) is 11.1. The average molecular weight is 564 g/mol. The summed E-state index contributed by atoms with van der Waals surface area (Å²) >= 11 is 0. The smallest absolute Gasteiger partial charge is 0.143 e. The SMILES string of the molecule is c1ccc(-c2ccc(-c3cc(-c4ccccc4)c4oc5ccccc5c4c3)c(N(c3ccccc3)c3ccccc3)c2)cc1. The predicted octanol–water partition coefficient (Wildman–Crippen LogP) is 12.1. The van der Waals surface area contributed by atoms with E-state index in [1.165, 1.54) is 11.1 Å². The molecule has 1 aromatic heterocycles. The summed E-state index contributed by atoms with van der Waals surface area (Å²) in [6.07, 6.45) is 0. The van der Waals surface area contributed by atoms with Crippen molar-refractivity contribution in [3.05, 3.63) is 176 Å². The first kappa shape index (κ1) is 25.8. The molecule has 0 N–H and O–H groups in total. The highest BCUT2D eigenvalue weighted by Crippen LogP contribution is 2.46. The summed E-state index contributed by atoms with van der Waals surface area (Å²) in [6, 6.07) is 62.1. The highest BCUT2D eigenvalue weighted by Gasteiger charge is 2.21. The third kappa shape index (κ3) is 4.63. The quantitative estimate of drug-likeness (QED) is 0.200. The number of hydrogen-bond acceptors (Lipinski definition) is 2. The Labute approximate surface area is 257 Å². The van der Waals surface area contributed by atoms with Crippen LogP contribution < -0.4 is 4.90 Å². The maximum atomic E-state index is 6.51. The van der Waals surface area contributed by atoms with Gasteiger partial charge in [0.05, 0.1) is 5.69 Å². The lowest BCUT2D eigenvalue weighted by Gasteiger charge is -2.28. The van der Waals surface area contributed by atoms with Gasteiger partial charge in [-0.3, -0.25) is 0 Å². The van der Waals surface area contributed by atoms with Crippen LogP contribution in [0.15, 0.2) is 180 Å². The Balaban J connectivity index is 1.44. The van der Waals surface area contributed by atoms with Crippen LogP contribution in [0.3, 0.4) is 0 Å². The molecule has 1 heterocycles. The number of rotatable bonds is 6. The van der Waals surface area contributed by atoms with Gasteiger partial charge < -0.3 is 9.32 Å². The summed E-state index contributed by atoms with van der Waals surface area (Å²) in [7, 11) is 0. The maximum absolute atomic E-state index is 6.51. The van der Waals surface area contributed by atoms with E-state index < -0.39 is 0 Å². The van der Waals surface area contributed by atoms with E-state index in [9.17, 15) is 0 Å². The first-order chi connectivity index (χ1) is 21.8. The molecule has 0 radical (unpaired) electrons. The van der Waals surface area contributed by atoms with Crippen LogP contribution in [0.1, 0.15) is 0 Å². The molecular weight excluding hydrogens is 534 g/mol. The van der Waals surface area contributed by atoms with E-state index in [2.05, 4.69) is 175 Å². The summed E-state index contributed by atoms with van der Waals surface area (Å²) in [5.74, 6) is 0. The molecule has 0 spiro atoms. The second-order valence-electron chi connectivity index (χ2n) is 11.0. The van der Waals surface area contributed by atoms with E-state index in [1.54, 1.807) is 0 Å². The molecule has 0 fully saturated rings. The number of furan rings is 1. The standard InChI is InChI=1S/C42H29NO/c1-5-15-30(16-6-1)32-25-26-36(40(29-32)43(34-19-9-3-10-20-34)35-21-11-4-12-22-35)33-27-38(31-17-7-2-8-18-31)42-39(28-33)37-23-13-14-24-41(37)44-42/h1-29H. The minimum Gasteiger partial charge on any atom is -0.455 e. The largest absolute Gasteiger partial charge is 0.455 e. The average Bonchev–Trinajstić information content (AvgIpc) is 3.48. The second-order valence-corrected chi connectivity index (χ2v) is 11.0. The lowest BCUT2D eigenvalue weighted by Crippen LogP contribution is -2.11. The van der Waals surface area contributed by atoms with Crippen molar-refractivity contribution in [2.24, 2.45) is 0 Å². The summed E-state index contributed by atoms with van der Waals surface area (Å²) in [4.78, 5) is 2.36. The lowest BCUT2D eigenvalue weighted by atomic mass is 9.92. The molecule has 0 aliphatic carbocycles. The van der Waals surface area contributed by atoms with Crippen molar-refractivity contribution in [3.63, 3.8) is 0 Å². The van der Waals surface area contributed by atoms with Crippen LogP contribution in [0.4, 0.5) is 17.1 Å². The molecule has 44 heavy (non-hydrogen) atoms. The Morgan fingerprint density at radius 3 is 1.59 bits per heavy atom. The lowest BCUT2D eigenvalue weighted by molar-refractivity contribution is 0.670. The van der Waals surface area contributed by atoms with Gasteiger partial charge in [0.15, 0.2) is 0 Å². The van der Waals surface area contributed by atoms with Crippen molar-refractivity contribution in [3.8, 4) is 33.4 Å². The summed E-state index contributed by atoms with van der Waals surface area (Å²) in [5, 5.41) is 2.23. The van der Waals surface area contributed by atoms with Crippen molar-refractivity contribution < 1.29 is 4.42 Å². The topological polar surface area (TPSA) is 16.4 Å². The molecule has 0 unspecified atom stereocenters. The Morgan fingerprint density at radius 2 is 0.932 bits per heavy atom. The van der Waals surface area contributed by atoms with Gasteiger partial charge in [0.2, 0.25) is 0 Å². The zero-order chi connectivity index (χ0) is 29.3. The van der Waals surface area contributed by atoms with Gasteiger partial charge in [0.1, 0.15) is 11.2 Å². The fourth-order valence-corrected chi connectivity index (χ4v) is 6.17. The zero-order valence-corrected chi connectivity index (χ0v) is 24.1. The van der Waals surface area contributed by atoms with E-state index in [4.69, 9.17) is 4.42 Å². The molecule has 2 nitrogen and oxygen atoms in total. The van der Waals surface area contributed by atoms with E-state index in [-0.39, 0.29) is 0 Å². The molecule has 8 aromatic rings. The normalized spacial score (nSPS) is 11.2. The maximum Gasteiger partial charge on any atom is 0.143 e. The zero-order valence-electron chi connectivity index (χ0n) is 24.1. The van der Waals surface area contributed by atoms with Crippen LogP contribution in [0.5, 0.6) is 0 Å². The highest BCUT2D eigenvalue weighted by atomic mass is 16.3. The Hall–Kier alpha value is -5.86. The summed E-state index contributed by atoms with van der Waals surface area (Å²) in [5.41, 5.74) is 11.9. The number of anilines is 3. The predicted molar refractivity (Wildman–Crippen MR) is 185 cm³/mol. The van der Waals surface area contributed by atoms with Gasteiger partial charge in [-0.25, -0.2) is 0 Å². The molecular formula is C42H29NO. The van der Waals surface area contributed by atoms with Crippen molar-refractivity contribution >= 4 is 39.0 Å². The number of benzene rings is 7. The number of hydrogen-bond donors (Lipinski definition) is 0. The van der Waals surface area contributed by atoms with Crippen molar-refractivity contribution in [1.82, 2.24) is 0 Å². The molecule has 208 valence electrons. The Morgan fingerprint density at radius 1 is 0.364 bits per heavy atom. The molecule has 0 saturated carbocycles. The van der Waals surface area contributed by atoms with E-state index >= 15 is 0 Å². The van der Waals surface area contributed by atoms with Crippen molar-refractivity contribution in [2.75, 3.05) is 4.90 Å². The van der Waals surface area contributed by atoms with Gasteiger partial charge >= 0.3 is 0 Å². The van der Waals surface area contributed by atoms with E-state index in [0.29, 0.717) is 0 Å². The van der Waals surface area contributed by atoms with Gasteiger partial charge in [-0.2, -0.15) is 0 Å².